The third-order valence-corrected chi connectivity index (χ3v) is 2.27. The van der Waals surface area contributed by atoms with Crippen LogP contribution in [-0.4, -0.2) is 31.7 Å². The van der Waals surface area contributed by atoms with Gasteiger partial charge in [-0.3, -0.25) is 4.79 Å². The number of carbonyl (C=O) groups is 1. The van der Waals surface area contributed by atoms with E-state index in [1.807, 2.05) is 6.92 Å². The Hall–Kier alpha value is -0.610. The Bertz CT molecular complexity index is 172. The average Bonchev–Trinajstić information content (AvgIpc) is 2.22. The van der Waals surface area contributed by atoms with Gasteiger partial charge in [0.05, 0.1) is 6.61 Å². The number of hydrogen-bond acceptors (Lipinski definition) is 3. The zero-order chi connectivity index (χ0) is 12.2. The lowest BCUT2D eigenvalue weighted by Crippen LogP contribution is -2.27. The molecule has 96 valence electrons. The van der Waals surface area contributed by atoms with E-state index < -0.39 is 0 Å². The van der Waals surface area contributed by atoms with E-state index in [1.54, 1.807) is 0 Å². The van der Waals surface area contributed by atoms with Gasteiger partial charge in [0, 0.05) is 25.6 Å². The monoisotopic (exact) mass is 230 g/mol. The second-order valence-electron chi connectivity index (χ2n) is 4.19. The van der Waals surface area contributed by atoms with Crippen molar-refractivity contribution in [3.63, 3.8) is 0 Å². The maximum atomic E-state index is 11.3. The zero-order valence-corrected chi connectivity index (χ0v) is 10.6. The summed E-state index contributed by atoms with van der Waals surface area (Å²) in [7, 11) is 0. The fraction of sp³-hybridized carbons (Fsp3) is 0.917. The second kappa shape index (κ2) is 10.9. The Kier molecular flexibility index (Phi) is 10.5. The lowest BCUT2D eigenvalue weighted by molar-refractivity contribution is -0.121. The minimum Gasteiger partial charge on any atom is -0.380 e. The molecular formula is C12H26N2O2. The average molecular weight is 230 g/mol. The van der Waals surface area contributed by atoms with Crippen molar-refractivity contribution in [3.05, 3.63) is 0 Å². The summed E-state index contributed by atoms with van der Waals surface area (Å²) in [5.74, 6) is 0.0970. The quantitative estimate of drug-likeness (QED) is 0.558. The maximum Gasteiger partial charge on any atom is 0.220 e. The second-order valence-corrected chi connectivity index (χ2v) is 4.19. The number of amides is 1. The fourth-order valence-electron chi connectivity index (χ4n) is 1.28. The number of carbonyl (C=O) groups excluding carboxylic acids is 1. The number of nitrogens with one attached hydrogen (secondary N) is 1. The minimum absolute atomic E-state index is 0.0970. The van der Waals surface area contributed by atoms with Crippen LogP contribution in [0.4, 0.5) is 0 Å². The number of rotatable bonds is 10. The number of nitrogens with two attached hydrogens (primary N) is 1. The molecule has 0 rings (SSSR count). The molecule has 3 N–H and O–H groups in total. The predicted molar refractivity (Wildman–Crippen MR) is 66.2 cm³/mol. The lowest BCUT2D eigenvalue weighted by atomic mass is 10.1. The van der Waals surface area contributed by atoms with Crippen LogP contribution >= 0.6 is 0 Å². The van der Waals surface area contributed by atoms with Gasteiger partial charge in [0.1, 0.15) is 0 Å². The van der Waals surface area contributed by atoms with Gasteiger partial charge in [-0.2, -0.15) is 0 Å². The molecule has 1 atom stereocenters. The first-order valence-corrected chi connectivity index (χ1v) is 6.26. The van der Waals surface area contributed by atoms with Gasteiger partial charge in [0.25, 0.3) is 0 Å². The highest BCUT2D eigenvalue weighted by atomic mass is 16.5. The van der Waals surface area contributed by atoms with E-state index in [0.717, 1.165) is 32.3 Å². The van der Waals surface area contributed by atoms with Crippen molar-refractivity contribution in [2.75, 3.05) is 19.8 Å². The smallest absolute Gasteiger partial charge is 0.220 e. The lowest BCUT2D eigenvalue weighted by Gasteiger charge is -2.07. The van der Waals surface area contributed by atoms with E-state index in [-0.39, 0.29) is 11.9 Å². The molecule has 0 radical (unpaired) electrons. The van der Waals surface area contributed by atoms with Crippen LogP contribution in [0.5, 0.6) is 0 Å². The molecule has 4 nitrogen and oxygen atoms in total. The zero-order valence-electron chi connectivity index (χ0n) is 10.6. The van der Waals surface area contributed by atoms with Gasteiger partial charge in [-0.1, -0.05) is 13.3 Å². The number of ether oxygens (including phenoxy) is 1. The van der Waals surface area contributed by atoms with Crippen LogP contribution in [0.3, 0.4) is 0 Å². The van der Waals surface area contributed by atoms with E-state index in [9.17, 15) is 4.79 Å². The van der Waals surface area contributed by atoms with Crippen LogP contribution < -0.4 is 11.1 Å². The van der Waals surface area contributed by atoms with Gasteiger partial charge in [0.2, 0.25) is 5.91 Å². The van der Waals surface area contributed by atoms with Crippen molar-refractivity contribution in [2.24, 2.45) is 5.73 Å². The summed E-state index contributed by atoms with van der Waals surface area (Å²) < 4.78 is 5.33. The molecule has 0 aliphatic rings. The molecule has 0 aromatic heterocycles. The van der Waals surface area contributed by atoms with E-state index in [2.05, 4.69) is 12.2 Å². The molecule has 0 spiro atoms. The molecule has 16 heavy (non-hydrogen) atoms. The van der Waals surface area contributed by atoms with Gasteiger partial charge >= 0.3 is 0 Å². The molecule has 0 aliphatic carbocycles. The highest BCUT2D eigenvalue weighted by Gasteiger charge is 2.01. The highest BCUT2D eigenvalue weighted by molar-refractivity contribution is 5.75. The topological polar surface area (TPSA) is 64.3 Å². The Morgan fingerprint density at radius 2 is 2.12 bits per heavy atom. The van der Waals surface area contributed by atoms with E-state index in [0.29, 0.717) is 19.6 Å². The standard InChI is InChI=1S/C12H26N2O2/c1-3-4-9-16-10-8-14-12(15)7-5-6-11(2)13/h11H,3-10,13H2,1-2H3,(H,14,15). The Balaban J connectivity index is 3.17. The van der Waals surface area contributed by atoms with E-state index >= 15 is 0 Å². The number of hydrogen-bond donors (Lipinski definition) is 2. The van der Waals surface area contributed by atoms with E-state index in [1.165, 1.54) is 0 Å². The van der Waals surface area contributed by atoms with Crippen LogP contribution in [-0.2, 0) is 9.53 Å². The molecule has 0 heterocycles. The molecule has 4 heteroatoms. The molecular weight excluding hydrogens is 204 g/mol. The largest absolute Gasteiger partial charge is 0.380 e. The summed E-state index contributed by atoms with van der Waals surface area (Å²) in [4.78, 5) is 11.3. The van der Waals surface area contributed by atoms with Crippen molar-refractivity contribution < 1.29 is 9.53 Å². The third kappa shape index (κ3) is 11.5. The molecule has 0 fully saturated rings. The molecule has 0 aromatic carbocycles. The van der Waals surface area contributed by atoms with Crippen LogP contribution in [0.2, 0.25) is 0 Å². The van der Waals surface area contributed by atoms with Crippen LogP contribution in [0.25, 0.3) is 0 Å². The van der Waals surface area contributed by atoms with Crippen LogP contribution in [0, 0.1) is 0 Å². The SMILES string of the molecule is CCCCOCCNC(=O)CCCC(C)N. The molecule has 1 unspecified atom stereocenters. The fourth-order valence-corrected chi connectivity index (χ4v) is 1.28. The molecule has 0 saturated heterocycles. The molecule has 0 saturated carbocycles. The maximum absolute atomic E-state index is 11.3. The van der Waals surface area contributed by atoms with Crippen molar-refractivity contribution in [2.45, 2.75) is 52.0 Å². The Labute approximate surface area is 98.9 Å². The first kappa shape index (κ1) is 15.4. The minimum atomic E-state index is 0.0970. The van der Waals surface area contributed by atoms with Gasteiger partial charge < -0.3 is 15.8 Å². The van der Waals surface area contributed by atoms with Gasteiger partial charge in [-0.25, -0.2) is 0 Å². The van der Waals surface area contributed by atoms with Gasteiger partial charge in [-0.15, -0.1) is 0 Å². The molecule has 0 bridgehead atoms. The molecule has 0 aromatic rings. The van der Waals surface area contributed by atoms with Crippen molar-refractivity contribution >= 4 is 5.91 Å². The van der Waals surface area contributed by atoms with Crippen LogP contribution in [0.15, 0.2) is 0 Å². The van der Waals surface area contributed by atoms with E-state index in [4.69, 9.17) is 10.5 Å². The summed E-state index contributed by atoms with van der Waals surface area (Å²) in [6.07, 6.45) is 4.56. The summed E-state index contributed by atoms with van der Waals surface area (Å²) in [5, 5.41) is 2.83. The first-order valence-electron chi connectivity index (χ1n) is 6.26. The van der Waals surface area contributed by atoms with Crippen molar-refractivity contribution in [1.29, 1.82) is 0 Å². The highest BCUT2D eigenvalue weighted by Crippen LogP contribution is 1.97. The molecule has 0 aliphatic heterocycles. The summed E-state index contributed by atoms with van der Waals surface area (Å²) >= 11 is 0. The Morgan fingerprint density at radius 3 is 2.75 bits per heavy atom. The first-order chi connectivity index (χ1) is 7.66. The summed E-state index contributed by atoms with van der Waals surface area (Å²) in [6, 6.07) is 0.185. The molecule has 1 amide bonds. The summed E-state index contributed by atoms with van der Waals surface area (Å²) in [5.41, 5.74) is 5.60. The van der Waals surface area contributed by atoms with Crippen molar-refractivity contribution in [1.82, 2.24) is 5.32 Å². The van der Waals surface area contributed by atoms with Gasteiger partial charge in [0.15, 0.2) is 0 Å². The van der Waals surface area contributed by atoms with Crippen LogP contribution in [0.1, 0.15) is 46.0 Å². The Morgan fingerprint density at radius 1 is 1.38 bits per heavy atom. The third-order valence-electron chi connectivity index (χ3n) is 2.27. The normalized spacial score (nSPS) is 12.4. The summed E-state index contributed by atoms with van der Waals surface area (Å²) in [6.45, 7) is 6.10. The number of unbranched alkanes of at least 4 members (excludes halogenated alkanes) is 1. The van der Waals surface area contributed by atoms with Gasteiger partial charge in [-0.05, 0) is 26.2 Å². The van der Waals surface area contributed by atoms with Crippen molar-refractivity contribution in [3.8, 4) is 0 Å². The predicted octanol–water partition coefficient (Wildman–Crippen LogP) is 1.44.